The van der Waals surface area contributed by atoms with Gasteiger partial charge in [-0.3, -0.25) is 0 Å². The van der Waals surface area contributed by atoms with Crippen molar-refractivity contribution in [1.82, 2.24) is 0 Å². The molecule has 2 nitrogen and oxygen atoms in total. The van der Waals surface area contributed by atoms with E-state index in [1.165, 1.54) is 6.42 Å². The first-order valence-corrected chi connectivity index (χ1v) is 1.92. The Labute approximate surface area is 43.0 Å². The highest BCUT2D eigenvalue weighted by atomic mass is 16.1. The molecule has 0 aliphatic carbocycles. The Morgan fingerprint density at radius 1 is 1.86 bits per heavy atom. The minimum absolute atomic E-state index is 0.437. The molecule has 0 aliphatic rings. The molecule has 2 N–H and O–H groups in total. The zero-order valence-corrected chi connectivity index (χ0v) is 4.27. The van der Waals surface area contributed by atoms with E-state index in [9.17, 15) is 4.79 Å². The maximum Gasteiger partial charge on any atom is 0.324 e. The molecule has 1 amide bonds. The van der Waals surface area contributed by atoms with E-state index in [0.29, 0.717) is 5.57 Å². The van der Waals surface area contributed by atoms with Crippen LogP contribution in [0.15, 0.2) is 12.2 Å². The third kappa shape index (κ3) is 5.08. The number of amides is 1. The summed E-state index contributed by atoms with van der Waals surface area (Å²) in [6.07, 6.45) is 1.28. The highest BCUT2D eigenvalue weighted by molar-refractivity contribution is 5.86. The van der Waals surface area contributed by atoms with Crippen molar-refractivity contribution < 1.29 is 4.79 Å². The molecule has 0 saturated carbocycles. The summed E-state index contributed by atoms with van der Waals surface area (Å²) in [5.41, 5.74) is 5.43. The van der Waals surface area contributed by atoms with Gasteiger partial charge in [-0.2, -0.15) is 0 Å². The van der Waals surface area contributed by atoms with Crippen LogP contribution >= 0.6 is 0 Å². The zero-order valence-electron chi connectivity index (χ0n) is 4.27. The monoisotopic (exact) mass is 98.1 g/mol. The van der Waals surface area contributed by atoms with Gasteiger partial charge in [0.05, 0.1) is 0 Å². The van der Waals surface area contributed by atoms with E-state index in [2.05, 4.69) is 6.58 Å². The van der Waals surface area contributed by atoms with Crippen LogP contribution in [0.1, 0.15) is 6.92 Å². The Morgan fingerprint density at radius 2 is 2.29 bits per heavy atom. The number of hydrogen-bond acceptors (Lipinski definition) is 1. The van der Waals surface area contributed by atoms with Gasteiger partial charge in [-0.15, -0.1) is 0 Å². The summed E-state index contributed by atoms with van der Waals surface area (Å²) in [6, 6.07) is 0. The predicted octanol–water partition coefficient (Wildman–Crippen LogP) is 0.252. The maximum absolute atomic E-state index is 9.92. The molecule has 2 heteroatoms. The smallest absolute Gasteiger partial charge is 0.324 e. The molecule has 0 aromatic heterocycles. The van der Waals surface area contributed by atoms with Crippen molar-refractivity contribution in [2.45, 2.75) is 6.92 Å². The molecule has 0 heterocycles. The van der Waals surface area contributed by atoms with Gasteiger partial charge < -0.3 is 5.73 Å². The van der Waals surface area contributed by atoms with Crippen molar-refractivity contribution in [2.75, 3.05) is 0 Å². The van der Waals surface area contributed by atoms with Crippen LogP contribution in [-0.4, -0.2) is 5.91 Å². The van der Waals surface area contributed by atoms with Crippen LogP contribution < -0.4 is 5.73 Å². The molecular formula is C5H8NO+. The van der Waals surface area contributed by atoms with Gasteiger partial charge in [-0.05, 0) is 6.92 Å². The van der Waals surface area contributed by atoms with E-state index in [1.54, 1.807) is 6.92 Å². The van der Waals surface area contributed by atoms with Crippen molar-refractivity contribution >= 4 is 5.91 Å². The standard InChI is InChI=1S/C5H7NO/c1-4(2)3-5(6)7/h3H,1H2,2H3,(H-,6,7)/p+1. The minimum Gasteiger partial charge on any atom is -0.349 e. The van der Waals surface area contributed by atoms with Crippen LogP contribution in [0.4, 0.5) is 0 Å². The number of carbonyl (C=O) groups is 1. The first-order valence-electron chi connectivity index (χ1n) is 1.92. The fourth-order valence-electron chi connectivity index (χ4n) is 0.243. The molecular weight excluding hydrogens is 90.1 g/mol. The Kier molecular flexibility index (Phi) is 1.99. The van der Waals surface area contributed by atoms with Crippen LogP contribution in [-0.2, 0) is 4.79 Å². The second-order valence-corrected chi connectivity index (χ2v) is 1.39. The fraction of sp³-hybridized carbons (Fsp3) is 0.200. The van der Waals surface area contributed by atoms with E-state index in [0.717, 1.165) is 0 Å². The third-order valence-electron chi connectivity index (χ3n) is 0.389. The second-order valence-electron chi connectivity index (χ2n) is 1.39. The highest BCUT2D eigenvalue weighted by Crippen LogP contribution is 1.88. The maximum atomic E-state index is 9.92. The van der Waals surface area contributed by atoms with Crippen molar-refractivity contribution in [3.63, 3.8) is 0 Å². The van der Waals surface area contributed by atoms with Crippen molar-refractivity contribution in [3.8, 4) is 0 Å². The molecule has 0 aromatic rings. The quantitative estimate of drug-likeness (QED) is 0.494. The van der Waals surface area contributed by atoms with Crippen LogP contribution in [0.5, 0.6) is 0 Å². The molecule has 38 valence electrons. The third-order valence-corrected chi connectivity index (χ3v) is 0.389. The van der Waals surface area contributed by atoms with E-state index in [-0.39, 0.29) is 0 Å². The fourth-order valence-corrected chi connectivity index (χ4v) is 0.243. The van der Waals surface area contributed by atoms with Gasteiger partial charge in [0.25, 0.3) is 0 Å². The summed E-state index contributed by atoms with van der Waals surface area (Å²) in [4.78, 5) is 9.92. The minimum atomic E-state index is -0.437. The average Bonchev–Trinajstić information content (AvgIpc) is 1.27. The van der Waals surface area contributed by atoms with E-state index in [1.807, 2.05) is 0 Å². The Hall–Kier alpha value is -0.920. The Balaban J connectivity index is 3.32. The molecule has 0 unspecified atom stereocenters. The number of nitrogens with two attached hydrogens (primary N) is 1. The van der Waals surface area contributed by atoms with E-state index in [4.69, 9.17) is 5.73 Å². The Bertz CT molecular complexity index is 84.3. The van der Waals surface area contributed by atoms with Gasteiger partial charge in [0.1, 0.15) is 12.0 Å². The molecule has 7 heavy (non-hydrogen) atoms. The summed E-state index contributed by atoms with van der Waals surface area (Å²) in [5.74, 6) is -0.437. The lowest BCUT2D eigenvalue weighted by atomic mass is 10.2. The number of carbonyl (C=O) groups excluding carboxylic acids is 1. The lowest BCUT2D eigenvalue weighted by molar-refractivity contribution is -0.114. The summed E-state index contributed by atoms with van der Waals surface area (Å²) < 4.78 is 0. The molecule has 0 radical (unpaired) electrons. The topological polar surface area (TPSA) is 43.1 Å². The van der Waals surface area contributed by atoms with Crippen molar-refractivity contribution in [2.24, 2.45) is 5.73 Å². The molecule has 0 rings (SSSR count). The molecule has 0 fully saturated rings. The van der Waals surface area contributed by atoms with Gasteiger partial charge >= 0.3 is 5.91 Å². The summed E-state index contributed by atoms with van der Waals surface area (Å²) >= 11 is 0. The molecule has 0 aromatic carbocycles. The van der Waals surface area contributed by atoms with Crippen LogP contribution in [0, 0.1) is 6.42 Å². The number of rotatable bonds is 2. The van der Waals surface area contributed by atoms with Crippen LogP contribution in [0.25, 0.3) is 0 Å². The lowest BCUT2D eigenvalue weighted by Crippen LogP contribution is -2.10. The van der Waals surface area contributed by atoms with Crippen molar-refractivity contribution in [3.05, 3.63) is 18.6 Å². The molecule has 0 bridgehead atoms. The predicted molar refractivity (Wildman–Crippen MR) is 28.3 cm³/mol. The number of hydrogen-bond donors (Lipinski definition) is 1. The van der Waals surface area contributed by atoms with Crippen LogP contribution in [0.2, 0.25) is 0 Å². The van der Waals surface area contributed by atoms with Gasteiger partial charge in [0.15, 0.2) is 0 Å². The molecule has 0 saturated heterocycles. The normalized spacial score (nSPS) is 7.57. The van der Waals surface area contributed by atoms with Gasteiger partial charge in [-0.1, -0.05) is 0 Å². The first kappa shape index (κ1) is 6.08. The van der Waals surface area contributed by atoms with Crippen LogP contribution in [0.3, 0.4) is 0 Å². The van der Waals surface area contributed by atoms with E-state index < -0.39 is 5.91 Å². The molecule has 0 spiro atoms. The van der Waals surface area contributed by atoms with Gasteiger partial charge in [0.2, 0.25) is 0 Å². The average molecular weight is 98.1 g/mol. The number of primary amides is 1. The largest absolute Gasteiger partial charge is 0.349 e. The first-order chi connectivity index (χ1) is 3.13. The summed E-state index contributed by atoms with van der Waals surface area (Å²) in [5, 5.41) is 0. The second kappa shape index (κ2) is 2.29. The highest BCUT2D eigenvalue weighted by Gasteiger charge is 2.00. The van der Waals surface area contributed by atoms with Gasteiger partial charge in [0, 0.05) is 6.58 Å². The lowest BCUT2D eigenvalue weighted by Gasteiger charge is -1.77. The van der Waals surface area contributed by atoms with Crippen molar-refractivity contribution in [1.29, 1.82) is 0 Å². The SMILES string of the molecule is C=C(C)[CH+]C(N)=O. The zero-order chi connectivity index (χ0) is 5.86. The Morgan fingerprint density at radius 3 is 2.29 bits per heavy atom. The van der Waals surface area contributed by atoms with Gasteiger partial charge in [-0.25, -0.2) is 4.79 Å². The van der Waals surface area contributed by atoms with E-state index >= 15 is 0 Å². The summed E-state index contributed by atoms with van der Waals surface area (Å²) in [6.45, 7) is 5.15. The summed E-state index contributed by atoms with van der Waals surface area (Å²) in [7, 11) is 0. The molecule has 0 atom stereocenters. The molecule has 0 aliphatic heterocycles.